The van der Waals surface area contributed by atoms with Crippen LogP contribution in [0.2, 0.25) is 5.02 Å². The average molecular weight is 382 g/mol. The summed E-state index contributed by atoms with van der Waals surface area (Å²) in [7, 11) is 0. The molecule has 3 aromatic carbocycles. The number of anilines is 1. The molecule has 0 heterocycles. The summed E-state index contributed by atoms with van der Waals surface area (Å²) in [5.41, 5.74) is -0.0864. The van der Waals surface area contributed by atoms with Gasteiger partial charge in [0.15, 0.2) is 5.82 Å². The smallest absolute Gasteiger partial charge is 0.290 e. The predicted octanol–water partition coefficient (Wildman–Crippen LogP) is 6.54. The van der Waals surface area contributed by atoms with Gasteiger partial charge in [0.1, 0.15) is 5.82 Å². The molecule has 3 rings (SSSR count). The third-order valence-corrected chi connectivity index (χ3v) is 4.66. The zero-order valence-electron chi connectivity index (χ0n) is 13.9. The molecule has 3 aromatic rings. The van der Waals surface area contributed by atoms with E-state index >= 15 is 0 Å². The molecule has 0 saturated carbocycles. The normalized spacial score (nSPS) is 11.8. The van der Waals surface area contributed by atoms with E-state index in [9.17, 15) is 17.6 Å². The van der Waals surface area contributed by atoms with Gasteiger partial charge in [-0.15, -0.1) is 0 Å². The molecule has 0 amide bonds. The number of nitrogens with one attached hydrogen (secondary N) is 1. The summed E-state index contributed by atoms with van der Waals surface area (Å²) >= 11 is 5.92. The van der Waals surface area contributed by atoms with Crippen LogP contribution in [0.15, 0.2) is 48.5 Å². The molecule has 0 aliphatic carbocycles. The molecule has 136 valence electrons. The van der Waals surface area contributed by atoms with Gasteiger partial charge in [0, 0.05) is 21.5 Å². The highest BCUT2D eigenvalue weighted by atomic mass is 35.5. The Bertz CT molecular complexity index is 956. The van der Waals surface area contributed by atoms with Crippen molar-refractivity contribution in [3.8, 4) is 0 Å². The number of halogens is 5. The van der Waals surface area contributed by atoms with Gasteiger partial charge in [-0.05, 0) is 36.1 Å². The quantitative estimate of drug-likeness (QED) is 0.495. The largest absolute Gasteiger partial charge is 0.376 e. The predicted molar refractivity (Wildman–Crippen MR) is 97.1 cm³/mol. The number of fused-ring (bicyclic) bond motifs is 1. The Labute approximate surface area is 153 Å². The maximum Gasteiger partial charge on any atom is 0.290 e. The molecule has 0 atom stereocenters. The lowest BCUT2D eigenvalue weighted by molar-refractivity contribution is 0.0121. The van der Waals surface area contributed by atoms with E-state index < -0.39 is 24.1 Å². The van der Waals surface area contributed by atoms with E-state index in [1.165, 1.54) is 24.3 Å². The van der Waals surface area contributed by atoms with E-state index in [-0.39, 0.29) is 32.6 Å². The van der Waals surface area contributed by atoms with Crippen LogP contribution >= 0.6 is 11.6 Å². The minimum atomic E-state index is -3.33. The van der Waals surface area contributed by atoms with Crippen LogP contribution in [-0.2, 0) is 12.3 Å². The summed E-state index contributed by atoms with van der Waals surface area (Å²) in [5.74, 6) is -4.53. The molecule has 1 nitrogen and oxygen atoms in total. The summed E-state index contributed by atoms with van der Waals surface area (Å²) in [6.45, 7) is 0.900. The van der Waals surface area contributed by atoms with Crippen molar-refractivity contribution in [2.45, 2.75) is 19.3 Å². The summed E-state index contributed by atoms with van der Waals surface area (Å²) < 4.78 is 57.8. The van der Waals surface area contributed by atoms with Crippen molar-refractivity contribution in [1.29, 1.82) is 0 Å². The highest BCUT2D eigenvalue weighted by Crippen LogP contribution is 2.35. The minimum Gasteiger partial charge on any atom is -0.376 e. The maximum atomic E-state index is 14.8. The molecular formula is C20H16ClF4N. The number of hydrogen-bond acceptors (Lipinski definition) is 1. The zero-order valence-corrected chi connectivity index (χ0v) is 14.7. The first kappa shape index (κ1) is 18.5. The van der Waals surface area contributed by atoms with Crippen LogP contribution < -0.4 is 5.32 Å². The SMILES string of the molecule is CCc1c(Cl)ccc(NCC(F)(F)c2ccc(F)c3ccccc23)c1F. The van der Waals surface area contributed by atoms with Crippen molar-refractivity contribution < 1.29 is 17.6 Å². The van der Waals surface area contributed by atoms with E-state index in [0.717, 1.165) is 12.1 Å². The molecule has 0 aromatic heterocycles. The Morgan fingerprint density at radius 2 is 1.65 bits per heavy atom. The molecule has 0 spiro atoms. The molecule has 0 saturated heterocycles. The van der Waals surface area contributed by atoms with Crippen LogP contribution in [0, 0.1) is 11.6 Å². The van der Waals surface area contributed by atoms with Crippen LogP contribution in [0.1, 0.15) is 18.1 Å². The zero-order chi connectivity index (χ0) is 18.9. The Hall–Kier alpha value is -2.27. The number of hydrogen-bond donors (Lipinski definition) is 1. The molecule has 0 bridgehead atoms. The molecule has 0 radical (unpaired) electrons. The van der Waals surface area contributed by atoms with Crippen LogP contribution in [0.3, 0.4) is 0 Å². The average Bonchev–Trinajstić information content (AvgIpc) is 2.62. The second-order valence-electron chi connectivity index (χ2n) is 5.94. The van der Waals surface area contributed by atoms with E-state index in [2.05, 4.69) is 5.32 Å². The Morgan fingerprint density at radius 3 is 2.35 bits per heavy atom. The monoisotopic (exact) mass is 381 g/mol. The third kappa shape index (κ3) is 3.36. The lowest BCUT2D eigenvalue weighted by Gasteiger charge is -2.21. The van der Waals surface area contributed by atoms with Crippen molar-refractivity contribution in [2.75, 3.05) is 11.9 Å². The number of rotatable bonds is 5. The summed E-state index contributed by atoms with van der Waals surface area (Å²) in [6.07, 6.45) is 0.346. The van der Waals surface area contributed by atoms with Crippen LogP contribution in [-0.4, -0.2) is 6.54 Å². The second-order valence-corrected chi connectivity index (χ2v) is 6.35. The lowest BCUT2D eigenvalue weighted by atomic mass is 9.99. The fraction of sp³-hybridized carbons (Fsp3) is 0.200. The Balaban J connectivity index is 1.93. The van der Waals surface area contributed by atoms with E-state index in [0.29, 0.717) is 6.42 Å². The van der Waals surface area contributed by atoms with Crippen LogP contribution in [0.25, 0.3) is 10.8 Å². The highest BCUT2D eigenvalue weighted by Gasteiger charge is 2.34. The molecule has 1 N–H and O–H groups in total. The van der Waals surface area contributed by atoms with Crippen molar-refractivity contribution in [3.63, 3.8) is 0 Å². The Kier molecular flexibility index (Phi) is 5.10. The summed E-state index contributed by atoms with van der Waals surface area (Å²) in [5, 5.41) is 2.96. The van der Waals surface area contributed by atoms with Gasteiger partial charge in [-0.2, -0.15) is 8.78 Å². The van der Waals surface area contributed by atoms with Gasteiger partial charge in [0.2, 0.25) is 0 Å². The van der Waals surface area contributed by atoms with Gasteiger partial charge in [0.05, 0.1) is 12.2 Å². The van der Waals surface area contributed by atoms with Crippen molar-refractivity contribution in [1.82, 2.24) is 0 Å². The molecular weight excluding hydrogens is 366 g/mol. The third-order valence-electron chi connectivity index (χ3n) is 4.31. The summed E-state index contributed by atoms with van der Waals surface area (Å²) in [4.78, 5) is 0. The standard InChI is InChI=1S/C20H16ClF4N/c1-2-12-16(21)8-10-18(19(12)23)26-11-20(24,25)15-7-9-17(22)14-6-4-3-5-13(14)15/h3-10,26H,2,11H2,1H3. The van der Waals surface area contributed by atoms with Gasteiger partial charge in [0.25, 0.3) is 5.92 Å². The van der Waals surface area contributed by atoms with Crippen LogP contribution in [0.5, 0.6) is 0 Å². The molecule has 26 heavy (non-hydrogen) atoms. The van der Waals surface area contributed by atoms with Gasteiger partial charge in [-0.25, -0.2) is 8.78 Å². The topological polar surface area (TPSA) is 12.0 Å². The molecule has 6 heteroatoms. The van der Waals surface area contributed by atoms with E-state index in [4.69, 9.17) is 11.6 Å². The number of alkyl halides is 2. The maximum absolute atomic E-state index is 14.8. The first-order chi connectivity index (χ1) is 12.3. The summed E-state index contributed by atoms with van der Waals surface area (Å²) in [6, 6.07) is 10.9. The van der Waals surface area contributed by atoms with E-state index in [1.807, 2.05) is 0 Å². The number of benzene rings is 3. The van der Waals surface area contributed by atoms with Crippen molar-refractivity contribution in [3.05, 3.63) is 76.3 Å². The van der Waals surface area contributed by atoms with Gasteiger partial charge < -0.3 is 5.32 Å². The Morgan fingerprint density at radius 1 is 0.962 bits per heavy atom. The first-order valence-corrected chi connectivity index (χ1v) is 8.49. The van der Waals surface area contributed by atoms with Crippen molar-refractivity contribution >= 4 is 28.1 Å². The van der Waals surface area contributed by atoms with E-state index in [1.54, 1.807) is 19.1 Å². The first-order valence-electron chi connectivity index (χ1n) is 8.11. The molecule has 0 fully saturated rings. The lowest BCUT2D eigenvalue weighted by Crippen LogP contribution is -2.25. The van der Waals surface area contributed by atoms with Gasteiger partial charge in [-0.1, -0.05) is 42.8 Å². The minimum absolute atomic E-state index is 0.0441. The highest BCUT2D eigenvalue weighted by molar-refractivity contribution is 6.31. The van der Waals surface area contributed by atoms with Crippen LogP contribution in [0.4, 0.5) is 23.2 Å². The molecule has 0 aliphatic rings. The van der Waals surface area contributed by atoms with Crippen molar-refractivity contribution in [2.24, 2.45) is 0 Å². The van der Waals surface area contributed by atoms with Gasteiger partial charge in [-0.3, -0.25) is 0 Å². The second kappa shape index (κ2) is 7.16. The molecule has 0 unspecified atom stereocenters. The fourth-order valence-corrected chi connectivity index (χ4v) is 3.22. The molecule has 0 aliphatic heterocycles. The fourth-order valence-electron chi connectivity index (χ4n) is 2.94. The van der Waals surface area contributed by atoms with Gasteiger partial charge >= 0.3 is 0 Å².